The molecule has 0 aliphatic carbocycles. The monoisotopic (exact) mass is 287 g/mol. The van der Waals surface area contributed by atoms with Crippen molar-refractivity contribution in [3.8, 4) is 0 Å². The van der Waals surface area contributed by atoms with Crippen molar-refractivity contribution < 1.29 is 9.90 Å². The number of fused-ring (bicyclic) bond motifs is 2. The number of piperidine rings is 2. The van der Waals surface area contributed by atoms with E-state index in [0.29, 0.717) is 5.92 Å². The van der Waals surface area contributed by atoms with Gasteiger partial charge in [0, 0.05) is 11.6 Å². The SMILES string of the molecule is CCC12CCCC(CC(Cc3ccccc3)C1)N2C(=O)O. The van der Waals surface area contributed by atoms with Gasteiger partial charge in [0.25, 0.3) is 0 Å². The van der Waals surface area contributed by atoms with Gasteiger partial charge in [-0.15, -0.1) is 0 Å². The summed E-state index contributed by atoms with van der Waals surface area (Å²) in [6.07, 6.45) is 6.65. The van der Waals surface area contributed by atoms with E-state index < -0.39 is 6.09 Å². The Labute approximate surface area is 127 Å². The number of hydrogen-bond acceptors (Lipinski definition) is 1. The lowest BCUT2D eigenvalue weighted by Gasteiger charge is -2.55. The molecule has 0 aromatic heterocycles. The summed E-state index contributed by atoms with van der Waals surface area (Å²) in [5.41, 5.74) is 1.28. The number of hydrogen-bond donors (Lipinski definition) is 1. The van der Waals surface area contributed by atoms with E-state index in [2.05, 4.69) is 37.3 Å². The fourth-order valence-electron chi connectivity index (χ4n) is 4.69. The normalized spacial score (nSPS) is 32.0. The molecule has 2 heterocycles. The highest BCUT2D eigenvalue weighted by atomic mass is 16.4. The molecule has 0 radical (unpaired) electrons. The highest BCUT2D eigenvalue weighted by Gasteiger charge is 2.50. The lowest BCUT2D eigenvalue weighted by molar-refractivity contribution is -0.0458. The van der Waals surface area contributed by atoms with Gasteiger partial charge in [0.1, 0.15) is 0 Å². The third-order valence-corrected chi connectivity index (χ3v) is 5.56. The minimum Gasteiger partial charge on any atom is -0.465 e. The molecule has 3 rings (SSSR count). The van der Waals surface area contributed by atoms with Crippen molar-refractivity contribution in [3.05, 3.63) is 35.9 Å². The van der Waals surface area contributed by atoms with Gasteiger partial charge in [0.05, 0.1) is 0 Å². The number of rotatable bonds is 3. The second kappa shape index (κ2) is 5.70. The zero-order chi connectivity index (χ0) is 14.9. The number of carboxylic acid groups (broad SMARTS) is 1. The summed E-state index contributed by atoms with van der Waals surface area (Å²) in [4.78, 5) is 13.5. The number of amides is 1. The number of carbonyl (C=O) groups is 1. The molecule has 2 aliphatic heterocycles. The van der Waals surface area contributed by atoms with Crippen molar-refractivity contribution in [3.63, 3.8) is 0 Å². The van der Waals surface area contributed by atoms with Crippen LogP contribution in [0.4, 0.5) is 4.79 Å². The Morgan fingerprint density at radius 2 is 2.14 bits per heavy atom. The lowest BCUT2D eigenvalue weighted by atomic mass is 9.67. The topological polar surface area (TPSA) is 40.5 Å². The molecule has 1 aromatic rings. The van der Waals surface area contributed by atoms with Crippen LogP contribution in [0.15, 0.2) is 30.3 Å². The first-order valence-electron chi connectivity index (χ1n) is 8.21. The molecule has 2 bridgehead atoms. The van der Waals surface area contributed by atoms with E-state index in [4.69, 9.17) is 0 Å². The quantitative estimate of drug-likeness (QED) is 0.899. The Morgan fingerprint density at radius 3 is 2.81 bits per heavy atom. The Balaban J connectivity index is 1.81. The van der Waals surface area contributed by atoms with Gasteiger partial charge in [-0.2, -0.15) is 0 Å². The number of nitrogens with zero attached hydrogens (tertiary/aromatic N) is 1. The molecule has 2 fully saturated rings. The Bertz CT molecular complexity index is 501. The average Bonchev–Trinajstić information content (AvgIpc) is 2.47. The predicted molar refractivity (Wildman–Crippen MR) is 83.4 cm³/mol. The molecule has 3 heteroatoms. The Hall–Kier alpha value is -1.51. The zero-order valence-corrected chi connectivity index (χ0v) is 12.8. The second-order valence-corrected chi connectivity index (χ2v) is 6.77. The fourth-order valence-corrected chi connectivity index (χ4v) is 4.69. The second-order valence-electron chi connectivity index (χ2n) is 6.77. The smallest absolute Gasteiger partial charge is 0.408 e. The summed E-state index contributed by atoms with van der Waals surface area (Å²) < 4.78 is 0. The summed E-state index contributed by atoms with van der Waals surface area (Å²) in [7, 11) is 0. The van der Waals surface area contributed by atoms with E-state index in [0.717, 1.165) is 38.5 Å². The zero-order valence-electron chi connectivity index (χ0n) is 12.8. The number of benzene rings is 1. The molecule has 3 unspecified atom stereocenters. The van der Waals surface area contributed by atoms with Gasteiger partial charge in [-0.1, -0.05) is 37.3 Å². The van der Waals surface area contributed by atoms with Gasteiger partial charge in [0.2, 0.25) is 0 Å². The molecular formula is C18H25NO2. The van der Waals surface area contributed by atoms with Crippen LogP contribution in [0.5, 0.6) is 0 Å². The van der Waals surface area contributed by atoms with E-state index >= 15 is 0 Å². The van der Waals surface area contributed by atoms with E-state index in [1.807, 2.05) is 4.90 Å². The van der Waals surface area contributed by atoms with Crippen LogP contribution in [-0.4, -0.2) is 27.7 Å². The summed E-state index contributed by atoms with van der Waals surface area (Å²) in [6, 6.07) is 10.9. The first kappa shape index (κ1) is 14.4. The highest BCUT2D eigenvalue weighted by Crippen LogP contribution is 2.47. The van der Waals surface area contributed by atoms with E-state index in [-0.39, 0.29) is 11.6 Å². The van der Waals surface area contributed by atoms with Crippen LogP contribution >= 0.6 is 0 Å². The van der Waals surface area contributed by atoms with Crippen LogP contribution in [0.1, 0.15) is 51.0 Å². The highest BCUT2D eigenvalue weighted by molar-refractivity contribution is 5.67. The minimum absolute atomic E-state index is 0.105. The molecule has 1 N–H and O–H groups in total. The van der Waals surface area contributed by atoms with Crippen molar-refractivity contribution in [1.82, 2.24) is 4.90 Å². The minimum atomic E-state index is -0.709. The first-order valence-corrected chi connectivity index (χ1v) is 8.21. The van der Waals surface area contributed by atoms with Crippen LogP contribution in [0, 0.1) is 5.92 Å². The Kier molecular flexibility index (Phi) is 3.92. The maximum absolute atomic E-state index is 11.7. The van der Waals surface area contributed by atoms with Crippen molar-refractivity contribution >= 4 is 6.09 Å². The van der Waals surface area contributed by atoms with Gasteiger partial charge in [0.15, 0.2) is 0 Å². The van der Waals surface area contributed by atoms with Crippen molar-refractivity contribution in [2.24, 2.45) is 5.92 Å². The molecular weight excluding hydrogens is 262 g/mol. The summed E-state index contributed by atoms with van der Waals surface area (Å²) >= 11 is 0. The molecule has 2 aliphatic rings. The molecule has 0 saturated carbocycles. The largest absolute Gasteiger partial charge is 0.465 e. The molecule has 21 heavy (non-hydrogen) atoms. The van der Waals surface area contributed by atoms with Crippen molar-refractivity contribution in [1.29, 1.82) is 0 Å². The van der Waals surface area contributed by atoms with Gasteiger partial charge in [-0.25, -0.2) is 4.79 Å². The molecule has 2 saturated heterocycles. The van der Waals surface area contributed by atoms with Gasteiger partial charge >= 0.3 is 6.09 Å². The van der Waals surface area contributed by atoms with Gasteiger partial charge in [-0.3, -0.25) is 4.90 Å². The first-order chi connectivity index (χ1) is 10.1. The van der Waals surface area contributed by atoms with Crippen molar-refractivity contribution in [2.45, 2.75) is 63.5 Å². The predicted octanol–water partition coefficient (Wildman–Crippen LogP) is 4.32. The van der Waals surface area contributed by atoms with E-state index in [1.165, 1.54) is 12.0 Å². The fraction of sp³-hybridized carbons (Fsp3) is 0.611. The molecule has 3 atom stereocenters. The van der Waals surface area contributed by atoms with Crippen LogP contribution in [-0.2, 0) is 6.42 Å². The molecule has 114 valence electrons. The maximum Gasteiger partial charge on any atom is 0.408 e. The third-order valence-electron chi connectivity index (χ3n) is 5.56. The summed E-state index contributed by atoms with van der Waals surface area (Å²) in [6.45, 7) is 2.16. The Morgan fingerprint density at radius 1 is 1.38 bits per heavy atom. The van der Waals surface area contributed by atoms with Crippen molar-refractivity contribution in [2.75, 3.05) is 0 Å². The summed E-state index contributed by atoms with van der Waals surface area (Å²) in [5.74, 6) is 0.619. The molecule has 0 spiro atoms. The van der Waals surface area contributed by atoms with Crippen LogP contribution in [0.25, 0.3) is 0 Å². The molecule has 1 amide bonds. The van der Waals surface area contributed by atoms with E-state index in [9.17, 15) is 9.90 Å². The molecule has 1 aromatic carbocycles. The lowest BCUT2D eigenvalue weighted by Crippen LogP contribution is -2.62. The third kappa shape index (κ3) is 2.66. The van der Waals surface area contributed by atoms with Crippen LogP contribution < -0.4 is 0 Å². The average molecular weight is 287 g/mol. The summed E-state index contributed by atoms with van der Waals surface area (Å²) in [5, 5.41) is 9.64. The van der Waals surface area contributed by atoms with Crippen LogP contribution in [0.3, 0.4) is 0 Å². The maximum atomic E-state index is 11.7. The van der Waals surface area contributed by atoms with Gasteiger partial charge in [-0.05, 0) is 56.4 Å². The van der Waals surface area contributed by atoms with Gasteiger partial charge < -0.3 is 5.11 Å². The van der Waals surface area contributed by atoms with E-state index in [1.54, 1.807) is 0 Å². The standard InChI is InChI=1S/C18H25NO2/c1-2-18-10-6-9-16(19(18)17(20)21)12-15(13-18)11-14-7-4-3-5-8-14/h3-5,7-8,15-16H,2,6,9-13H2,1H3,(H,20,21). The molecule has 3 nitrogen and oxygen atoms in total. The van der Waals surface area contributed by atoms with Crippen LogP contribution in [0.2, 0.25) is 0 Å².